The van der Waals surface area contributed by atoms with E-state index in [0.29, 0.717) is 48.9 Å². The second kappa shape index (κ2) is 22.3. The number of methoxy groups -OCH3 is 1. The van der Waals surface area contributed by atoms with Crippen LogP contribution >= 0.6 is 0 Å². The zero-order chi connectivity index (χ0) is 52.6. The molecule has 4 aliphatic carbocycles. The second-order valence-electron chi connectivity index (χ2n) is 24.0. The van der Waals surface area contributed by atoms with E-state index in [-0.39, 0.29) is 48.1 Å². The van der Waals surface area contributed by atoms with Gasteiger partial charge in [0.1, 0.15) is 85.5 Å². The molecular formula is C51H86O22. The van der Waals surface area contributed by atoms with Crippen molar-refractivity contribution in [2.45, 2.75) is 234 Å². The average molecular weight is 1050 g/mol. The van der Waals surface area contributed by atoms with Gasteiger partial charge in [0.05, 0.1) is 44.7 Å². The van der Waals surface area contributed by atoms with Crippen molar-refractivity contribution in [2.24, 2.45) is 52.3 Å². The zero-order valence-corrected chi connectivity index (χ0v) is 43.0. The Morgan fingerprint density at radius 3 is 2.00 bits per heavy atom. The second-order valence-corrected chi connectivity index (χ2v) is 24.0. The van der Waals surface area contributed by atoms with Gasteiger partial charge in [-0.25, -0.2) is 0 Å². The van der Waals surface area contributed by atoms with E-state index in [4.69, 9.17) is 47.4 Å². The molecule has 5 heterocycles. The van der Waals surface area contributed by atoms with Gasteiger partial charge in [-0.1, -0.05) is 27.7 Å². The van der Waals surface area contributed by atoms with Crippen molar-refractivity contribution in [2.75, 3.05) is 33.5 Å². The van der Waals surface area contributed by atoms with Crippen LogP contribution in [0.3, 0.4) is 0 Å². The Balaban J connectivity index is 0.810. The highest BCUT2D eigenvalue weighted by Crippen LogP contribution is 2.71. The van der Waals surface area contributed by atoms with Crippen LogP contribution in [-0.4, -0.2) is 230 Å². The highest BCUT2D eigenvalue weighted by Gasteiger charge is 2.69. The van der Waals surface area contributed by atoms with Crippen LogP contribution < -0.4 is 0 Å². The molecule has 5 aliphatic heterocycles. The van der Waals surface area contributed by atoms with E-state index in [1.807, 2.05) is 6.92 Å². The van der Waals surface area contributed by atoms with Crippen molar-refractivity contribution in [3.8, 4) is 0 Å². The van der Waals surface area contributed by atoms with Crippen LogP contribution in [-0.2, 0) is 47.4 Å². The largest absolute Gasteiger partial charge is 0.394 e. The highest BCUT2D eigenvalue weighted by atomic mass is 16.8. The zero-order valence-electron chi connectivity index (χ0n) is 43.0. The molecule has 9 rings (SSSR count). The summed E-state index contributed by atoms with van der Waals surface area (Å²) in [7, 11) is 1.73. The van der Waals surface area contributed by atoms with Crippen LogP contribution in [0, 0.1) is 52.3 Å². The van der Waals surface area contributed by atoms with Crippen LogP contribution in [0.5, 0.6) is 0 Å². The minimum absolute atomic E-state index is 0.0163. The molecule has 0 unspecified atom stereocenters. The summed E-state index contributed by atoms with van der Waals surface area (Å²) < 4.78 is 60.6. The molecule has 0 bridgehead atoms. The van der Waals surface area contributed by atoms with Gasteiger partial charge in [-0.05, 0) is 111 Å². The SMILES string of the molecule is CO[C@@]1(CC[C@H](C)CO[C@H]2O[C@H](CO)[C@H](O)[C@H](O)[C@H]2O)O[C@H]2C[C@H]3[C@H]4CC[C@H]5C[C@H](O[C@H]6O[C@H](CO[C@H]7O[C@H](C)[C@H](O)[C@@H](O)[C@@H]7O)[C@@H](O[C@@H]7OC[C@@H](O)[C@@H](O)[C@H]7O)[C@@H](O)[C@@H]6O)CC[C@]5(C)[C@H]4CC[C@@]3(C)[C@@H]2[C@H]1C. The first kappa shape index (κ1) is 56.8. The third-order valence-corrected chi connectivity index (χ3v) is 20.0. The number of hydrogen-bond donors (Lipinski definition) is 12. The molecule has 22 nitrogen and oxygen atoms in total. The van der Waals surface area contributed by atoms with Gasteiger partial charge in [0.2, 0.25) is 0 Å². The number of aliphatic hydroxyl groups is 12. The molecular weight excluding hydrogens is 965 g/mol. The number of ether oxygens (including phenoxy) is 10. The standard InChI is InChI=1S/C51H86O22/c1-21(18-65-46-42(62)38(58)36(56)31(17-52)70-46)9-14-51(64-6)22(2)33-30(73-51)16-28-26-8-7-24-15-25(10-12-49(24,4)27(26)11-13-50(28,33)5)69-48-43(63)39(59)44(72-47-40(60)35(55)29(53)19-66-47)32(71-48)20-67-45-41(61)37(57)34(54)23(3)68-45/h21-48,52-63H,7-20H2,1-6H3/t21-,22+,23+,24-,25+,26-,27-,28-,29+,30-,31+,32+,33+,34-,35+,36-,37+,38-,39-,40+,41-,42+,43-,44+,45-,46-,47-,48-,49-,50+,51-/m0/s1. The Morgan fingerprint density at radius 2 is 1.29 bits per heavy atom. The number of hydrogen-bond acceptors (Lipinski definition) is 22. The van der Waals surface area contributed by atoms with E-state index in [2.05, 4.69) is 20.8 Å². The third kappa shape index (κ3) is 10.4. The maximum atomic E-state index is 11.6. The lowest BCUT2D eigenvalue weighted by molar-refractivity contribution is -0.363. The van der Waals surface area contributed by atoms with Gasteiger partial charge in [0, 0.05) is 19.4 Å². The summed E-state index contributed by atoms with van der Waals surface area (Å²) in [5.74, 6) is 1.54. The Kier molecular flexibility index (Phi) is 17.4. The minimum atomic E-state index is -1.72. The first-order valence-corrected chi connectivity index (χ1v) is 27.0. The summed E-state index contributed by atoms with van der Waals surface area (Å²) in [6.45, 7) is 9.62. The van der Waals surface area contributed by atoms with Crippen molar-refractivity contribution in [1.82, 2.24) is 0 Å². The van der Waals surface area contributed by atoms with Crippen molar-refractivity contribution in [3.63, 3.8) is 0 Å². The number of fused-ring (bicyclic) bond motifs is 7. The molecule has 0 aromatic rings. The molecule has 73 heavy (non-hydrogen) atoms. The first-order valence-electron chi connectivity index (χ1n) is 27.0. The lowest BCUT2D eigenvalue weighted by Crippen LogP contribution is -2.64. The summed E-state index contributed by atoms with van der Waals surface area (Å²) in [6.07, 6.45) is -18.5. The van der Waals surface area contributed by atoms with Gasteiger partial charge in [-0.3, -0.25) is 0 Å². The Hall–Kier alpha value is -0.880. The van der Waals surface area contributed by atoms with Crippen LogP contribution in [0.1, 0.15) is 98.8 Å². The maximum absolute atomic E-state index is 11.6. The van der Waals surface area contributed by atoms with Gasteiger partial charge < -0.3 is 109 Å². The normalized spacial score (nSPS) is 55.6. The van der Waals surface area contributed by atoms with Crippen molar-refractivity contribution in [1.29, 1.82) is 0 Å². The van der Waals surface area contributed by atoms with Gasteiger partial charge in [0.15, 0.2) is 30.9 Å². The quantitative estimate of drug-likeness (QED) is 0.0819. The predicted octanol–water partition coefficient (Wildman–Crippen LogP) is -1.63. The summed E-state index contributed by atoms with van der Waals surface area (Å²) in [6, 6.07) is 0. The molecule has 9 aliphatic rings. The Morgan fingerprint density at radius 1 is 0.630 bits per heavy atom. The lowest BCUT2D eigenvalue weighted by Gasteiger charge is -2.61. The van der Waals surface area contributed by atoms with E-state index in [1.54, 1.807) is 7.11 Å². The van der Waals surface area contributed by atoms with Gasteiger partial charge in [-0.2, -0.15) is 0 Å². The highest BCUT2D eigenvalue weighted by molar-refractivity contribution is 5.15. The fourth-order valence-electron chi connectivity index (χ4n) is 15.5. The van der Waals surface area contributed by atoms with Crippen LogP contribution in [0.4, 0.5) is 0 Å². The summed E-state index contributed by atoms with van der Waals surface area (Å²) in [4.78, 5) is 0. The van der Waals surface area contributed by atoms with Crippen LogP contribution in [0.15, 0.2) is 0 Å². The van der Waals surface area contributed by atoms with Crippen molar-refractivity contribution < 1.29 is 109 Å². The fraction of sp³-hybridized carbons (Fsp3) is 1.00. The molecule has 0 radical (unpaired) electrons. The van der Waals surface area contributed by atoms with Gasteiger partial charge in [0.25, 0.3) is 0 Å². The topological polar surface area (TPSA) is 335 Å². The average Bonchev–Trinajstić information content (AvgIpc) is 3.83. The first-order chi connectivity index (χ1) is 34.6. The Bertz CT molecular complexity index is 1820. The summed E-state index contributed by atoms with van der Waals surface area (Å²) in [5.41, 5.74) is 0.112. The molecule has 0 spiro atoms. The third-order valence-electron chi connectivity index (χ3n) is 20.0. The van der Waals surface area contributed by atoms with E-state index in [0.717, 1.165) is 44.9 Å². The summed E-state index contributed by atoms with van der Waals surface area (Å²) >= 11 is 0. The van der Waals surface area contributed by atoms with Crippen molar-refractivity contribution in [3.05, 3.63) is 0 Å². The minimum Gasteiger partial charge on any atom is -0.394 e. The van der Waals surface area contributed by atoms with E-state index in [1.165, 1.54) is 6.92 Å². The molecule has 22 heteroatoms. The van der Waals surface area contributed by atoms with Gasteiger partial charge in [-0.15, -0.1) is 0 Å². The lowest BCUT2D eigenvalue weighted by atomic mass is 9.44. The van der Waals surface area contributed by atoms with Crippen molar-refractivity contribution >= 4 is 0 Å². The van der Waals surface area contributed by atoms with Crippen LogP contribution in [0.25, 0.3) is 0 Å². The maximum Gasteiger partial charge on any atom is 0.186 e. The van der Waals surface area contributed by atoms with E-state index >= 15 is 0 Å². The molecule has 5 saturated heterocycles. The molecule has 4 saturated carbocycles. The summed E-state index contributed by atoms with van der Waals surface area (Å²) in [5, 5.41) is 126. The molecule has 9 fully saturated rings. The predicted molar refractivity (Wildman–Crippen MR) is 249 cm³/mol. The fourth-order valence-corrected chi connectivity index (χ4v) is 15.5. The van der Waals surface area contributed by atoms with Gasteiger partial charge >= 0.3 is 0 Å². The molecule has 422 valence electrons. The van der Waals surface area contributed by atoms with E-state index in [9.17, 15) is 61.3 Å². The monoisotopic (exact) mass is 1050 g/mol. The van der Waals surface area contributed by atoms with Crippen LogP contribution in [0.2, 0.25) is 0 Å². The molecule has 0 aromatic carbocycles. The number of rotatable bonds is 15. The van der Waals surface area contributed by atoms with E-state index < -0.39 is 136 Å². The molecule has 31 atom stereocenters. The molecule has 0 amide bonds. The molecule has 0 aromatic heterocycles. The Labute approximate surface area is 427 Å². The number of aliphatic hydroxyl groups excluding tert-OH is 12. The molecule has 12 N–H and O–H groups in total. The smallest absolute Gasteiger partial charge is 0.186 e.